The zero-order chi connectivity index (χ0) is 20.9. The van der Waals surface area contributed by atoms with Crippen molar-refractivity contribution in [2.45, 2.75) is 0 Å². The molecule has 9 heteroatoms. The number of hydrogen-bond acceptors (Lipinski definition) is 6. The second-order valence-electron chi connectivity index (χ2n) is 7.06. The molecule has 4 N–H and O–H groups in total. The summed E-state index contributed by atoms with van der Waals surface area (Å²) in [6.45, 7) is 0. The summed E-state index contributed by atoms with van der Waals surface area (Å²) < 4.78 is 13.6. The predicted molar refractivity (Wildman–Crippen MR) is 120 cm³/mol. The van der Waals surface area contributed by atoms with E-state index in [1.165, 1.54) is 6.07 Å². The second-order valence-corrected chi connectivity index (χ2v) is 8.10. The number of pyridine rings is 2. The number of nitrogens with zero attached hydrogens (tertiary/aromatic N) is 4. The number of anilines is 1. The van der Waals surface area contributed by atoms with Crippen LogP contribution in [0.2, 0.25) is 0 Å². The first-order chi connectivity index (χ1) is 15.2. The van der Waals surface area contributed by atoms with E-state index in [-0.39, 0.29) is 5.13 Å². The Morgan fingerprint density at radius 1 is 0.935 bits per heavy atom. The molecule has 0 saturated carbocycles. The molecule has 0 radical (unpaired) electrons. The highest BCUT2D eigenvalue weighted by Crippen LogP contribution is 2.34. The van der Waals surface area contributed by atoms with Gasteiger partial charge in [-0.25, -0.2) is 9.97 Å². The molecule has 7 nitrogen and oxygen atoms in total. The lowest BCUT2D eigenvalue weighted by Crippen LogP contribution is -1.90. The Bertz CT molecular complexity index is 1580. The van der Waals surface area contributed by atoms with Crippen LogP contribution in [0.3, 0.4) is 0 Å². The van der Waals surface area contributed by atoms with E-state index in [0.29, 0.717) is 22.7 Å². The Hall–Kier alpha value is -4.11. The van der Waals surface area contributed by atoms with Crippen molar-refractivity contribution in [2.24, 2.45) is 0 Å². The molecule has 0 amide bonds. The molecule has 0 aliphatic rings. The average molecular weight is 427 g/mol. The van der Waals surface area contributed by atoms with Crippen molar-refractivity contribution >= 4 is 39.1 Å². The predicted octanol–water partition coefficient (Wildman–Crippen LogP) is 5.01. The molecule has 0 spiro atoms. The third-order valence-electron chi connectivity index (χ3n) is 5.04. The van der Waals surface area contributed by atoms with E-state index in [4.69, 9.17) is 15.7 Å². The van der Waals surface area contributed by atoms with Gasteiger partial charge in [0.2, 0.25) is 0 Å². The molecule has 6 rings (SSSR count). The zero-order valence-corrected chi connectivity index (χ0v) is 16.7. The molecule has 31 heavy (non-hydrogen) atoms. The summed E-state index contributed by atoms with van der Waals surface area (Å²) in [5.74, 6) is 0.584. The summed E-state index contributed by atoms with van der Waals surface area (Å²) in [7, 11) is 0. The van der Waals surface area contributed by atoms with Gasteiger partial charge in [-0.1, -0.05) is 12.1 Å². The van der Waals surface area contributed by atoms with Crippen LogP contribution in [0.15, 0.2) is 60.9 Å². The molecule has 5 aromatic heterocycles. The van der Waals surface area contributed by atoms with Gasteiger partial charge in [-0.15, -0.1) is 11.3 Å². The number of H-pyrrole nitrogens is 2. The molecule has 6 aromatic rings. The van der Waals surface area contributed by atoms with Crippen LogP contribution in [0.25, 0.3) is 55.3 Å². The van der Waals surface area contributed by atoms with E-state index < -0.39 is 0 Å². The van der Waals surface area contributed by atoms with Gasteiger partial charge in [0, 0.05) is 28.4 Å². The molecule has 0 atom stereocenters. The van der Waals surface area contributed by atoms with E-state index in [9.17, 15) is 4.39 Å². The molecular weight excluding hydrogens is 413 g/mol. The third kappa shape index (κ3) is 2.94. The van der Waals surface area contributed by atoms with Crippen LogP contribution >= 0.6 is 11.3 Å². The Morgan fingerprint density at radius 3 is 2.71 bits per heavy atom. The maximum Gasteiger partial charge on any atom is 0.176 e. The topological polar surface area (TPSA) is 109 Å². The minimum Gasteiger partial charge on any atom is -0.397 e. The van der Waals surface area contributed by atoms with Gasteiger partial charge < -0.3 is 10.7 Å². The Balaban J connectivity index is 1.51. The van der Waals surface area contributed by atoms with Crippen LogP contribution in [0, 0.1) is 5.13 Å². The van der Waals surface area contributed by atoms with Gasteiger partial charge in [-0.2, -0.15) is 9.49 Å². The molecule has 150 valence electrons. The van der Waals surface area contributed by atoms with E-state index in [1.807, 2.05) is 36.4 Å². The lowest BCUT2D eigenvalue weighted by molar-refractivity contribution is 0.657. The van der Waals surface area contributed by atoms with E-state index in [2.05, 4.69) is 20.2 Å². The molecule has 0 bridgehead atoms. The molecule has 5 heterocycles. The summed E-state index contributed by atoms with van der Waals surface area (Å²) in [6, 6.07) is 14.7. The fraction of sp³-hybridized carbons (Fsp3) is 0. The number of hydrogen-bond donors (Lipinski definition) is 3. The SMILES string of the molecule is Nc1cncc(-c2ccc3[nH]nc(-c4nc5c(-c6ccc(F)s6)cccc5[nH]4)c3n2)c1. The summed E-state index contributed by atoms with van der Waals surface area (Å²) in [4.78, 5) is 17.8. The Morgan fingerprint density at radius 2 is 1.87 bits per heavy atom. The van der Waals surface area contributed by atoms with Crippen molar-refractivity contribution in [1.82, 2.24) is 30.1 Å². The number of aromatic amines is 2. The Labute approximate surface area is 178 Å². The smallest absolute Gasteiger partial charge is 0.176 e. The highest BCUT2D eigenvalue weighted by molar-refractivity contribution is 7.14. The van der Waals surface area contributed by atoms with Crippen molar-refractivity contribution in [3.63, 3.8) is 0 Å². The van der Waals surface area contributed by atoms with Gasteiger partial charge in [0.25, 0.3) is 0 Å². The normalized spacial score (nSPS) is 11.5. The van der Waals surface area contributed by atoms with Gasteiger partial charge >= 0.3 is 0 Å². The van der Waals surface area contributed by atoms with Crippen LogP contribution < -0.4 is 5.73 Å². The van der Waals surface area contributed by atoms with Crippen molar-refractivity contribution < 1.29 is 4.39 Å². The number of nitrogens with one attached hydrogen (secondary N) is 2. The minimum atomic E-state index is -0.228. The third-order valence-corrected chi connectivity index (χ3v) is 5.95. The first kappa shape index (κ1) is 17.7. The fourth-order valence-electron chi connectivity index (χ4n) is 3.62. The first-order valence-corrected chi connectivity index (χ1v) is 10.3. The minimum absolute atomic E-state index is 0.228. The van der Waals surface area contributed by atoms with Gasteiger partial charge in [-0.3, -0.25) is 10.1 Å². The number of fused-ring (bicyclic) bond motifs is 2. The Kier molecular flexibility index (Phi) is 3.84. The number of thiophene rings is 1. The standard InChI is InChI=1S/C22H14FN7S/c23-18-7-6-17(31-18)13-2-1-3-15-19(13)28-22(27-15)21-20-16(29-30-21)5-4-14(26-20)11-8-12(24)10-25-9-11/h1-10H,24H2,(H,27,28)(H,29,30). The molecule has 0 saturated heterocycles. The van der Waals surface area contributed by atoms with Crippen LogP contribution in [0.5, 0.6) is 0 Å². The van der Waals surface area contributed by atoms with E-state index >= 15 is 0 Å². The number of nitrogen functional groups attached to an aromatic ring is 1. The molecule has 0 aliphatic carbocycles. The lowest BCUT2D eigenvalue weighted by Gasteiger charge is -2.02. The fourth-order valence-corrected chi connectivity index (χ4v) is 4.38. The average Bonchev–Trinajstić information content (AvgIpc) is 3.50. The van der Waals surface area contributed by atoms with Crippen molar-refractivity contribution in [1.29, 1.82) is 0 Å². The first-order valence-electron chi connectivity index (χ1n) is 9.46. The van der Waals surface area contributed by atoms with E-state index in [0.717, 1.165) is 49.6 Å². The number of imidazole rings is 1. The van der Waals surface area contributed by atoms with Crippen molar-refractivity contribution in [3.05, 3.63) is 66.1 Å². The van der Waals surface area contributed by atoms with Crippen molar-refractivity contribution in [3.8, 4) is 33.2 Å². The highest BCUT2D eigenvalue weighted by Gasteiger charge is 2.17. The number of aromatic nitrogens is 6. The van der Waals surface area contributed by atoms with Crippen molar-refractivity contribution in [2.75, 3.05) is 5.73 Å². The quantitative estimate of drug-likeness (QED) is 0.368. The maximum absolute atomic E-state index is 13.6. The second kappa shape index (κ2) is 6.71. The molecule has 0 unspecified atom stereocenters. The molecular formula is C22H14FN7S. The van der Waals surface area contributed by atoms with Crippen LogP contribution in [0.4, 0.5) is 10.1 Å². The molecule has 1 aromatic carbocycles. The maximum atomic E-state index is 13.6. The lowest BCUT2D eigenvalue weighted by atomic mass is 10.1. The largest absolute Gasteiger partial charge is 0.397 e. The number of rotatable bonds is 3. The van der Waals surface area contributed by atoms with E-state index in [1.54, 1.807) is 18.5 Å². The van der Waals surface area contributed by atoms with Gasteiger partial charge in [0.15, 0.2) is 16.6 Å². The number of benzene rings is 1. The zero-order valence-electron chi connectivity index (χ0n) is 15.9. The summed E-state index contributed by atoms with van der Waals surface area (Å²) >= 11 is 1.09. The summed E-state index contributed by atoms with van der Waals surface area (Å²) in [5, 5.41) is 7.22. The molecule has 0 fully saturated rings. The van der Waals surface area contributed by atoms with Gasteiger partial charge in [0.05, 0.1) is 27.9 Å². The number of para-hydroxylation sites is 1. The van der Waals surface area contributed by atoms with Crippen LogP contribution in [-0.4, -0.2) is 30.1 Å². The monoisotopic (exact) mass is 427 g/mol. The number of nitrogens with two attached hydrogens (primary N) is 1. The summed E-state index contributed by atoms with van der Waals surface area (Å²) in [5.41, 5.74) is 12.5. The van der Waals surface area contributed by atoms with Gasteiger partial charge in [-0.05, 0) is 36.4 Å². The highest BCUT2D eigenvalue weighted by atomic mass is 32.1. The van der Waals surface area contributed by atoms with Crippen LogP contribution in [-0.2, 0) is 0 Å². The van der Waals surface area contributed by atoms with Gasteiger partial charge in [0.1, 0.15) is 5.52 Å². The molecule has 0 aliphatic heterocycles. The number of halogens is 1. The summed E-state index contributed by atoms with van der Waals surface area (Å²) in [6.07, 6.45) is 3.31. The van der Waals surface area contributed by atoms with Crippen LogP contribution in [0.1, 0.15) is 0 Å².